The van der Waals surface area contributed by atoms with Crippen LogP contribution < -0.4 is 10.6 Å². The zero-order valence-corrected chi connectivity index (χ0v) is 12.6. The van der Waals surface area contributed by atoms with Gasteiger partial charge in [-0.2, -0.15) is 0 Å². The van der Waals surface area contributed by atoms with Crippen molar-refractivity contribution in [1.29, 1.82) is 0 Å². The molecule has 0 bridgehead atoms. The van der Waals surface area contributed by atoms with E-state index in [-0.39, 0.29) is 5.60 Å². The van der Waals surface area contributed by atoms with E-state index in [1.165, 1.54) is 12.8 Å². The van der Waals surface area contributed by atoms with Gasteiger partial charge >= 0.3 is 0 Å². The lowest BCUT2D eigenvalue weighted by molar-refractivity contribution is 0.0314. The van der Waals surface area contributed by atoms with Crippen LogP contribution in [-0.4, -0.2) is 35.8 Å². The van der Waals surface area contributed by atoms with Gasteiger partial charge in [-0.1, -0.05) is 0 Å². The fraction of sp³-hybridized carbons (Fsp3) is 0.733. The molecule has 1 saturated heterocycles. The molecule has 2 N–H and O–H groups in total. The van der Waals surface area contributed by atoms with E-state index < -0.39 is 0 Å². The van der Waals surface area contributed by atoms with E-state index in [1.807, 2.05) is 7.05 Å². The topological polar surface area (TPSA) is 59.1 Å². The number of anilines is 2. The number of nitrogens with zero attached hydrogens (tertiary/aromatic N) is 2. The minimum absolute atomic E-state index is 0.0586. The van der Waals surface area contributed by atoms with Crippen molar-refractivity contribution in [2.75, 3.05) is 30.8 Å². The molecule has 0 amide bonds. The van der Waals surface area contributed by atoms with Crippen LogP contribution >= 0.6 is 0 Å². The van der Waals surface area contributed by atoms with Crippen molar-refractivity contribution in [2.24, 2.45) is 0 Å². The lowest BCUT2D eigenvalue weighted by atomic mass is 10.0. The highest BCUT2D eigenvalue weighted by Crippen LogP contribution is 2.39. The van der Waals surface area contributed by atoms with Crippen molar-refractivity contribution < 1.29 is 4.74 Å². The Morgan fingerprint density at radius 1 is 1.30 bits per heavy atom. The van der Waals surface area contributed by atoms with Crippen molar-refractivity contribution in [3.8, 4) is 0 Å². The van der Waals surface area contributed by atoms with Crippen molar-refractivity contribution in [2.45, 2.75) is 51.0 Å². The third-order valence-electron chi connectivity index (χ3n) is 4.27. The fourth-order valence-electron chi connectivity index (χ4n) is 2.72. The van der Waals surface area contributed by atoms with Gasteiger partial charge in [0.25, 0.3) is 0 Å². The molecule has 0 aromatic carbocycles. The Hall–Kier alpha value is -1.36. The van der Waals surface area contributed by atoms with E-state index in [9.17, 15) is 0 Å². The number of nitrogens with one attached hydrogen (secondary N) is 2. The van der Waals surface area contributed by atoms with E-state index in [4.69, 9.17) is 9.72 Å². The molecule has 1 aliphatic heterocycles. The van der Waals surface area contributed by atoms with Gasteiger partial charge in [0.15, 0.2) is 0 Å². The van der Waals surface area contributed by atoms with Gasteiger partial charge in [-0.3, -0.25) is 0 Å². The summed E-state index contributed by atoms with van der Waals surface area (Å²) in [5.74, 6) is 3.41. The van der Waals surface area contributed by atoms with E-state index >= 15 is 0 Å². The van der Waals surface area contributed by atoms with Gasteiger partial charge in [0, 0.05) is 31.7 Å². The Morgan fingerprint density at radius 3 is 2.65 bits per heavy atom. The van der Waals surface area contributed by atoms with Crippen LogP contribution in [0.2, 0.25) is 0 Å². The average Bonchev–Trinajstić information content (AvgIpc) is 3.20. The number of hydrogen-bond donors (Lipinski definition) is 2. The summed E-state index contributed by atoms with van der Waals surface area (Å²) < 4.78 is 5.83. The third kappa shape index (κ3) is 2.73. The SMILES string of the molecule is CNc1nc(C2CC2)nc(NCC2(C)CCCO2)c1C. The van der Waals surface area contributed by atoms with Crippen molar-refractivity contribution in [3.05, 3.63) is 11.4 Å². The number of rotatable bonds is 5. The van der Waals surface area contributed by atoms with Crippen LogP contribution in [0.5, 0.6) is 0 Å². The lowest BCUT2D eigenvalue weighted by Gasteiger charge is -2.24. The molecule has 1 unspecified atom stereocenters. The van der Waals surface area contributed by atoms with E-state index in [0.717, 1.165) is 49.0 Å². The molecular weight excluding hydrogens is 252 g/mol. The zero-order chi connectivity index (χ0) is 14.2. The van der Waals surface area contributed by atoms with Gasteiger partial charge in [-0.15, -0.1) is 0 Å². The smallest absolute Gasteiger partial charge is 0.136 e. The highest BCUT2D eigenvalue weighted by molar-refractivity contribution is 5.57. The first-order chi connectivity index (χ1) is 9.61. The van der Waals surface area contributed by atoms with Gasteiger partial charge in [0.05, 0.1) is 5.60 Å². The molecule has 2 aliphatic rings. The maximum atomic E-state index is 5.83. The van der Waals surface area contributed by atoms with Gasteiger partial charge in [-0.05, 0) is 39.5 Å². The number of ether oxygens (including phenoxy) is 1. The molecule has 2 fully saturated rings. The molecule has 1 aromatic rings. The number of aromatic nitrogens is 2. The third-order valence-corrected chi connectivity index (χ3v) is 4.27. The predicted molar refractivity (Wildman–Crippen MR) is 80.4 cm³/mol. The zero-order valence-electron chi connectivity index (χ0n) is 12.6. The van der Waals surface area contributed by atoms with Crippen LogP contribution in [0.15, 0.2) is 0 Å². The van der Waals surface area contributed by atoms with Gasteiger partial charge in [0.1, 0.15) is 17.5 Å². The molecule has 5 heteroatoms. The summed E-state index contributed by atoms with van der Waals surface area (Å²) in [5.41, 5.74) is 1.02. The maximum absolute atomic E-state index is 5.83. The summed E-state index contributed by atoms with van der Waals surface area (Å²) in [6.45, 7) is 5.90. The maximum Gasteiger partial charge on any atom is 0.136 e. The molecule has 5 nitrogen and oxygen atoms in total. The summed E-state index contributed by atoms with van der Waals surface area (Å²) in [6.07, 6.45) is 4.69. The first kappa shape index (κ1) is 13.6. The molecule has 1 aliphatic carbocycles. The van der Waals surface area contributed by atoms with Crippen molar-refractivity contribution in [3.63, 3.8) is 0 Å². The van der Waals surface area contributed by atoms with Crippen LogP contribution in [0.3, 0.4) is 0 Å². The minimum Gasteiger partial charge on any atom is -0.373 e. The van der Waals surface area contributed by atoms with E-state index in [0.29, 0.717) is 5.92 Å². The van der Waals surface area contributed by atoms with Crippen molar-refractivity contribution >= 4 is 11.6 Å². The predicted octanol–water partition coefficient (Wildman–Crippen LogP) is 2.69. The van der Waals surface area contributed by atoms with Gasteiger partial charge in [0.2, 0.25) is 0 Å². The van der Waals surface area contributed by atoms with Crippen LogP contribution in [0.1, 0.15) is 49.9 Å². The molecule has 0 spiro atoms. The second kappa shape index (κ2) is 5.20. The van der Waals surface area contributed by atoms with Gasteiger partial charge < -0.3 is 15.4 Å². The van der Waals surface area contributed by atoms with Crippen LogP contribution in [0, 0.1) is 6.92 Å². The largest absolute Gasteiger partial charge is 0.373 e. The number of hydrogen-bond acceptors (Lipinski definition) is 5. The Balaban J connectivity index is 1.78. The van der Waals surface area contributed by atoms with Gasteiger partial charge in [-0.25, -0.2) is 9.97 Å². The standard InChI is InChI=1S/C15H24N4O/c1-10-12(16-3)18-14(11-5-6-11)19-13(10)17-9-15(2)7-4-8-20-15/h11H,4-9H2,1-3H3,(H2,16,17,18,19). The summed E-state index contributed by atoms with van der Waals surface area (Å²) >= 11 is 0. The molecule has 1 aromatic heterocycles. The monoisotopic (exact) mass is 276 g/mol. The highest BCUT2D eigenvalue weighted by Gasteiger charge is 2.31. The molecule has 2 heterocycles. The summed E-state index contributed by atoms with van der Waals surface area (Å²) in [6, 6.07) is 0. The van der Waals surface area contributed by atoms with Crippen molar-refractivity contribution in [1.82, 2.24) is 9.97 Å². The normalized spacial score (nSPS) is 25.8. The average molecular weight is 276 g/mol. The first-order valence-corrected chi connectivity index (χ1v) is 7.55. The lowest BCUT2D eigenvalue weighted by Crippen LogP contribution is -2.33. The van der Waals surface area contributed by atoms with Crippen LogP contribution in [-0.2, 0) is 4.74 Å². The molecule has 110 valence electrons. The Bertz CT molecular complexity index is 493. The van der Waals surface area contributed by atoms with Crippen LogP contribution in [0.4, 0.5) is 11.6 Å². The second-order valence-corrected chi connectivity index (χ2v) is 6.18. The Kier molecular flexibility index (Phi) is 3.54. The molecule has 0 radical (unpaired) electrons. The first-order valence-electron chi connectivity index (χ1n) is 7.55. The Labute approximate surface area is 120 Å². The fourth-order valence-corrected chi connectivity index (χ4v) is 2.72. The minimum atomic E-state index is -0.0586. The molecule has 1 atom stereocenters. The summed E-state index contributed by atoms with van der Waals surface area (Å²) in [5, 5.41) is 6.65. The highest BCUT2D eigenvalue weighted by atomic mass is 16.5. The summed E-state index contributed by atoms with van der Waals surface area (Å²) in [7, 11) is 1.91. The van der Waals surface area contributed by atoms with E-state index in [1.54, 1.807) is 0 Å². The molecule has 1 saturated carbocycles. The Morgan fingerprint density at radius 2 is 2.05 bits per heavy atom. The van der Waals surface area contributed by atoms with Crippen LogP contribution in [0.25, 0.3) is 0 Å². The molecule has 3 rings (SSSR count). The molecule has 20 heavy (non-hydrogen) atoms. The van der Waals surface area contributed by atoms with E-state index in [2.05, 4.69) is 29.5 Å². The summed E-state index contributed by atoms with van der Waals surface area (Å²) in [4.78, 5) is 9.33. The second-order valence-electron chi connectivity index (χ2n) is 6.18. The quantitative estimate of drug-likeness (QED) is 0.866. The molecular formula is C15H24N4O.